The van der Waals surface area contributed by atoms with Crippen molar-refractivity contribution in [1.82, 2.24) is 15.2 Å². The predicted octanol–water partition coefficient (Wildman–Crippen LogP) is 6.23. The van der Waals surface area contributed by atoms with Gasteiger partial charge >= 0.3 is 18.0 Å². The molecule has 0 radical (unpaired) electrons. The van der Waals surface area contributed by atoms with E-state index in [1.54, 1.807) is 90.1 Å². The van der Waals surface area contributed by atoms with Crippen molar-refractivity contribution in [2.75, 3.05) is 16.9 Å². The molecule has 2 aromatic carbocycles. The van der Waals surface area contributed by atoms with Crippen molar-refractivity contribution in [3.63, 3.8) is 0 Å². The minimum atomic E-state index is -1.85. The van der Waals surface area contributed by atoms with Gasteiger partial charge in [-0.2, -0.15) is 0 Å². The van der Waals surface area contributed by atoms with E-state index in [9.17, 15) is 28.2 Å². The number of carbonyl (C=O) groups excluding carboxylic acids is 5. The Labute approximate surface area is 351 Å². The number of fused-ring (bicyclic) bond motifs is 1. The van der Waals surface area contributed by atoms with Crippen LogP contribution in [0.15, 0.2) is 77.1 Å². The van der Waals surface area contributed by atoms with Crippen LogP contribution in [0.25, 0.3) is 0 Å². The van der Waals surface area contributed by atoms with Crippen LogP contribution in [0.1, 0.15) is 78.3 Å². The molecule has 310 valence electrons. The van der Waals surface area contributed by atoms with E-state index in [-0.39, 0.29) is 38.1 Å². The second-order valence-corrected chi connectivity index (χ2v) is 19.0. The Kier molecular flexibility index (Phi) is 13.4. The fraction of sp³-hybridized carbons (Fsp3) is 0.410. The molecule has 5 rings (SSSR count). The zero-order chi connectivity index (χ0) is 42.7. The summed E-state index contributed by atoms with van der Waals surface area (Å²) in [6, 6.07) is 16.6. The molecule has 2 aliphatic heterocycles. The smallest absolute Gasteiger partial charge is 0.413 e. The quantitative estimate of drug-likeness (QED) is 0.0524. The van der Waals surface area contributed by atoms with E-state index >= 15 is 0 Å². The lowest BCUT2D eigenvalue weighted by atomic mass is 10.0. The summed E-state index contributed by atoms with van der Waals surface area (Å²) in [6.45, 7) is 12.7. The van der Waals surface area contributed by atoms with Gasteiger partial charge in [-0.1, -0.05) is 88.8 Å². The van der Waals surface area contributed by atoms with Crippen molar-refractivity contribution in [3.8, 4) is 0 Å². The van der Waals surface area contributed by atoms with Gasteiger partial charge in [0.1, 0.15) is 38.3 Å². The first-order valence-corrected chi connectivity index (χ1v) is 21.0. The summed E-state index contributed by atoms with van der Waals surface area (Å²) < 4.78 is 30.3. The number of hydrogen-bond donors (Lipinski definition) is 2. The minimum absolute atomic E-state index is 0.0772. The fourth-order valence-electron chi connectivity index (χ4n) is 5.58. The number of nitrogens with one attached hydrogen (secondary N) is 2. The number of amides is 3. The number of benzene rings is 2. The molecule has 1 fully saturated rings. The van der Waals surface area contributed by atoms with Gasteiger partial charge in [0, 0.05) is 5.88 Å². The molecule has 0 bridgehead atoms. The lowest BCUT2D eigenvalue weighted by Crippen LogP contribution is -2.74. The van der Waals surface area contributed by atoms with E-state index in [2.05, 4.69) is 20.8 Å². The molecule has 2 aliphatic rings. The molecule has 1 aromatic heterocycles. The van der Waals surface area contributed by atoms with E-state index in [0.29, 0.717) is 11.1 Å². The SMILES string of the molecule is CC(C)(C)OC(=O)Nc1nc(/C(=N\OC(C)(C)C(=O)OC(C)(C)C)C(=O)N[C@@H]2C(=O)N3C(C(=O)OC(c4ccccc4)c4ccccc4)=C(CCl)C[S@@](=O)[C@H]23)c(Cl)s1. The third kappa shape index (κ3) is 10.4. The van der Waals surface area contributed by atoms with Gasteiger partial charge in [0.05, 0.1) is 16.6 Å². The Morgan fingerprint density at radius 1 is 0.948 bits per heavy atom. The number of carbonyl (C=O) groups is 5. The number of ether oxygens (including phenoxy) is 3. The third-order valence-corrected chi connectivity index (χ3v) is 11.3. The van der Waals surface area contributed by atoms with Gasteiger partial charge in [0.15, 0.2) is 16.9 Å². The highest BCUT2D eigenvalue weighted by molar-refractivity contribution is 7.86. The van der Waals surface area contributed by atoms with Gasteiger partial charge in [-0.05, 0) is 72.1 Å². The Balaban J connectivity index is 1.44. The van der Waals surface area contributed by atoms with Crippen LogP contribution in [0, 0.1) is 0 Å². The van der Waals surface area contributed by atoms with Crippen LogP contribution >= 0.6 is 34.5 Å². The highest BCUT2D eigenvalue weighted by Crippen LogP contribution is 2.38. The molecule has 3 heterocycles. The molecule has 0 spiro atoms. The Morgan fingerprint density at radius 2 is 1.52 bits per heavy atom. The first kappa shape index (κ1) is 44.3. The predicted molar refractivity (Wildman–Crippen MR) is 219 cm³/mol. The maximum absolute atomic E-state index is 14.1. The number of esters is 2. The van der Waals surface area contributed by atoms with Crippen molar-refractivity contribution >= 4 is 86.0 Å². The van der Waals surface area contributed by atoms with Crippen molar-refractivity contribution < 1.29 is 47.2 Å². The number of thiazole rings is 1. The van der Waals surface area contributed by atoms with Crippen LogP contribution in [0.3, 0.4) is 0 Å². The molecule has 15 nitrogen and oxygen atoms in total. The zero-order valence-electron chi connectivity index (χ0n) is 32.9. The number of alkyl halides is 1. The summed E-state index contributed by atoms with van der Waals surface area (Å²) in [5.41, 5.74) is -2.99. The van der Waals surface area contributed by atoms with E-state index < -0.39 is 80.7 Å². The largest absolute Gasteiger partial charge is 0.457 e. The summed E-state index contributed by atoms with van der Waals surface area (Å²) >= 11 is 13.5. The Hall–Kier alpha value is -4.84. The molecule has 3 atom stereocenters. The van der Waals surface area contributed by atoms with E-state index in [0.717, 1.165) is 16.2 Å². The Morgan fingerprint density at radius 3 is 2.05 bits per heavy atom. The van der Waals surface area contributed by atoms with Crippen molar-refractivity contribution in [1.29, 1.82) is 0 Å². The van der Waals surface area contributed by atoms with E-state index in [1.165, 1.54) is 13.8 Å². The average Bonchev–Trinajstić information content (AvgIpc) is 3.49. The summed E-state index contributed by atoms with van der Waals surface area (Å²) in [5, 5.41) is 7.64. The lowest BCUT2D eigenvalue weighted by Gasteiger charge is -2.49. The number of hydrogen-bond acceptors (Lipinski definition) is 13. The molecule has 0 saturated carbocycles. The lowest BCUT2D eigenvalue weighted by molar-refractivity contribution is -0.179. The van der Waals surface area contributed by atoms with Crippen LogP contribution in [0.5, 0.6) is 0 Å². The normalized spacial score (nSPS) is 18.5. The molecule has 0 unspecified atom stereocenters. The summed E-state index contributed by atoms with van der Waals surface area (Å²) in [5.74, 6) is -3.98. The van der Waals surface area contributed by atoms with Crippen LogP contribution in [0.4, 0.5) is 9.93 Å². The standard InChI is InChI=1S/C39H43Cl2N5O10S2/c1-37(2,3)54-34(50)39(7,8)56-45-25(24-29(41)57-35(43-24)44-36(51)55-38(4,5)6)30(47)42-26-31(48)46-27(23(19-40)20-58(52)32(26)46)33(49)53-28(21-15-11-9-12-16-21)22-17-13-10-14-18-22/h9-18,26,28,32H,19-20H2,1-8H3,(H,42,47)(H,43,44,51)/b45-25+/t26-,32-,58-/m1/s1. The molecule has 0 aliphatic carbocycles. The molecule has 3 amide bonds. The highest BCUT2D eigenvalue weighted by Gasteiger charge is 2.58. The summed E-state index contributed by atoms with van der Waals surface area (Å²) in [7, 11) is -1.85. The van der Waals surface area contributed by atoms with Crippen molar-refractivity contribution in [2.24, 2.45) is 5.16 Å². The highest BCUT2D eigenvalue weighted by atomic mass is 35.5. The second-order valence-electron chi connectivity index (χ2n) is 15.6. The topological polar surface area (TPSA) is 192 Å². The van der Waals surface area contributed by atoms with Crippen LogP contribution in [-0.4, -0.2) is 89.5 Å². The minimum Gasteiger partial charge on any atom is -0.457 e. The van der Waals surface area contributed by atoms with Crippen LogP contribution in [0.2, 0.25) is 4.34 Å². The number of rotatable bonds is 12. The number of halogens is 2. The zero-order valence-corrected chi connectivity index (χ0v) is 36.1. The average molecular weight is 877 g/mol. The van der Waals surface area contributed by atoms with Gasteiger partial charge in [0.25, 0.3) is 11.8 Å². The number of β-lactam (4-membered cyclic amide) rings is 1. The molecule has 2 N–H and O–H groups in total. The number of anilines is 1. The first-order chi connectivity index (χ1) is 27.1. The molecular formula is C39H43Cl2N5O10S2. The van der Waals surface area contributed by atoms with Crippen molar-refractivity contribution in [2.45, 2.75) is 89.7 Å². The number of aromatic nitrogens is 1. The van der Waals surface area contributed by atoms with Gasteiger partial charge in [-0.3, -0.25) is 24.0 Å². The van der Waals surface area contributed by atoms with Gasteiger partial charge in [0.2, 0.25) is 5.60 Å². The molecule has 1 saturated heterocycles. The Bertz CT molecular complexity index is 2130. The van der Waals surface area contributed by atoms with Gasteiger partial charge in [-0.15, -0.1) is 11.6 Å². The van der Waals surface area contributed by atoms with Gasteiger partial charge < -0.3 is 24.4 Å². The molecule has 19 heteroatoms. The number of nitrogens with zero attached hydrogens (tertiary/aromatic N) is 3. The fourth-order valence-corrected chi connectivity index (χ4v) is 8.63. The summed E-state index contributed by atoms with van der Waals surface area (Å²) in [4.78, 5) is 78.4. The monoisotopic (exact) mass is 875 g/mol. The third-order valence-electron chi connectivity index (χ3n) is 8.16. The maximum Gasteiger partial charge on any atom is 0.413 e. The van der Waals surface area contributed by atoms with Crippen molar-refractivity contribution in [3.05, 3.63) is 93.1 Å². The summed E-state index contributed by atoms with van der Waals surface area (Å²) in [6.07, 6.45) is -1.72. The number of oxime groups is 1. The van der Waals surface area contributed by atoms with Crippen LogP contribution < -0.4 is 10.6 Å². The first-order valence-electron chi connectivity index (χ1n) is 17.9. The second kappa shape index (κ2) is 17.6. The van der Waals surface area contributed by atoms with E-state index in [1.807, 2.05) is 12.1 Å². The molecule has 3 aromatic rings. The maximum atomic E-state index is 14.1. The van der Waals surface area contributed by atoms with E-state index in [4.69, 9.17) is 42.3 Å². The van der Waals surface area contributed by atoms with Gasteiger partial charge in [-0.25, -0.2) is 19.4 Å². The molecular weight excluding hydrogens is 833 g/mol. The van der Waals surface area contributed by atoms with Crippen LogP contribution in [-0.2, 0) is 49.0 Å². The molecule has 58 heavy (non-hydrogen) atoms.